The summed E-state index contributed by atoms with van der Waals surface area (Å²) in [5.74, 6) is -0.284. The lowest BCUT2D eigenvalue weighted by Gasteiger charge is -2.08. The van der Waals surface area contributed by atoms with Gasteiger partial charge < -0.3 is 22.5 Å². The van der Waals surface area contributed by atoms with Crippen molar-refractivity contribution in [3.05, 3.63) is 0 Å². The first-order chi connectivity index (χ1) is 4.20. The van der Waals surface area contributed by atoms with Gasteiger partial charge in [-0.05, 0) is 0 Å². The van der Waals surface area contributed by atoms with E-state index < -0.39 is 6.17 Å². The second-order valence-corrected chi connectivity index (χ2v) is 1.61. The summed E-state index contributed by atoms with van der Waals surface area (Å²) in [6, 6.07) is 0. The molecule has 0 spiro atoms. The largest absolute Gasteiger partial charge is 0.339 e. The van der Waals surface area contributed by atoms with E-state index in [1.54, 1.807) is 0 Å². The fraction of sp³-hybridized carbons (Fsp3) is 0.750. The highest BCUT2D eigenvalue weighted by molar-refractivity contribution is 5.77. The highest BCUT2D eigenvalue weighted by atomic mass is 16.1. The summed E-state index contributed by atoms with van der Waals surface area (Å²) in [5.41, 5.74) is 15.3. The third-order valence-electron chi connectivity index (χ3n) is 0.786. The smallest absolute Gasteiger partial charge is 0.234 e. The van der Waals surface area contributed by atoms with Crippen molar-refractivity contribution in [1.82, 2.24) is 5.32 Å². The predicted octanol–water partition coefficient (Wildman–Crippen LogP) is -2.70. The minimum Gasteiger partial charge on any atom is -0.339 e. The Labute approximate surface area is 53.6 Å². The number of carbonyl (C=O) groups is 1. The Morgan fingerprint density at radius 2 is 2.11 bits per heavy atom. The molecule has 7 N–H and O–H groups in total. The van der Waals surface area contributed by atoms with Crippen LogP contribution >= 0.6 is 0 Å². The molecule has 0 radical (unpaired) electrons. The molecule has 0 heterocycles. The molecule has 1 amide bonds. The van der Waals surface area contributed by atoms with Gasteiger partial charge >= 0.3 is 0 Å². The minimum absolute atomic E-state index is 0.0479. The average Bonchev–Trinajstić information content (AvgIpc) is 1.87. The molecule has 1 atom stereocenters. The first kappa shape index (κ1) is 8.35. The Bertz CT molecular complexity index is 94.6. The van der Waals surface area contributed by atoms with Gasteiger partial charge in [0.15, 0.2) is 0 Å². The van der Waals surface area contributed by atoms with Crippen molar-refractivity contribution in [2.24, 2.45) is 17.2 Å². The van der Waals surface area contributed by atoms with E-state index in [2.05, 4.69) is 5.32 Å². The van der Waals surface area contributed by atoms with E-state index in [0.29, 0.717) is 0 Å². The molecule has 0 fully saturated rings. The zero-order valence-electron chi connectivity index (χ0n) is 5.13. The van der Waals surface area contributed by atoms with Crippen LogP contribution < -0.4 is 22.5 Å². The van der Waals surface area contributed by atoms with Crippen LogP contribution in [0.5, 0.6) is 0 Å². The summed E-state index contributed by atoms with van der Waals surface area (Å²) in [5, 5.41) is 2.37. The molecule has 0 aromatic heterocycles. The maximum absolute atomic E-state index is 10.4. The normalized spacial score (nSPS) is 12.8. The van der Waals surface area contributed by atoms with Crippen LogP contribution in [0.4, 0.5) is 0 Å². The zero-order chi connectivity index (χ0) is 7.28. The molecule has 5 heteroatoms. The summed E-state index contributed by atoms with van der Waals surface area (Å²) in [6.07, 6.45) is -0.471. The molecule has 54 valence electrons. The molecular formula is C4H12N4O. The van der Waals surface area contributed by atoms with Gasteiger partial charge in [-0.1, -0.05) is 0 Å². The second-order valence-electron chi connectivity index (χ2n) is 1.61. The SMILES string of the molecule is NCC(=O)NC(N)CN. The van der Waals surface area contributed by atoms with Gasteiger partial charge in [0, 0.05) is 6.54 Å². The van der Waals surface area contributed by atoms with E-state index in [1.165, 1.54) is 0 Å². The quantitative estimate of drug-likeness (QED) is 0.313. The van der Waals surface area contributed by atoms with Gasteiger partial charge in [0.1, 0.15) is 0 Å². The molecule has 0 saturated carbocycles. The fourth-order valence-corrected chi connectivity index (χ4v) is 0.325. The molecule has 5 nitrogen and oxygen atoms in total. The molecule has 0 aromatic carbocycles. The van der Waals surface area contributed by atoms with E-state index in [9.17, 15) is 4.79 Å². The van der Waals surface area contributed by atoms with Gasteiger partial charge in [0.25, 0.3) is 0 Å². The maximum atomic E-state index is 10.4. The van der Waals surface area contributed by atoms with Crippen molar-refractivity contribution < 1.29 is 4.79 Å². The lowest BCUT2D eigenvalue weighted by molar-refractivity contribution is -0.120. The van der Waals surface area contributed by atoms with E-state index in [4.69, 9.17) is 17.2 Å². The topological polar surface area (TPSA) is 107 Å². The van der Waals surface area contributed by atoms with E-state index in [-0.39, 0.29) is 19.0 Å². The summed E-state index contributed by atoms with van der Waals surface area (Å²) in [6.45, 7) is 0.180. The van der Waals surface area contributed by atoms with Gasteiger partial charge in [0.05, 0.1) is 12.7 Å². The van der Waals surface area contributed by atoms with Crippen LogP contribution in [0.1, 0.15) is 0 Å². The van der Waals surface area contributed by atoms with Crippen LogP contribution in [0, 0.1) is 0 Å². The first-order valence-electron chi connectivity index (χ1n) is 2.65. The van der Waals surface area contributed by atoms with Crippen LogP contribution in [0.3, 0.4) is 0 Å². The zero-order valence-corrected chi connectivity index (χ0v) is 5.13. The van der Waals surface area contributed by atoms with Crippen molar-refractivity contribution in [3.8, 4) is 0 Å². The number of amides is 1. The minimum atomic E-state index is -0.471. The summed E-state index contributed by atoms with van der Waals surface area (Å²) in [7, 11) is 0. The Morgan fingerprint density at radius 1 is 1.56 bits per heavy atom. The van der Waals surface area contributed by atoms with Crippen LogP contribution in [-0.2, 0) is 4.79 Å². The summed E-state index contributed by atoms with van der Waals surface area (Å²) < 4.78 is 0. The van der Waals surface area contributed by atoms with Gasteiger partial charge in [-0.3, -0.25) is 4.79 Å². The molecule has 0 bridgehead atoms. The van der Waals surface area contributed by atoms with Gasteiger partial charge in [0.2, 0.25) is 5.91 Å². The van der Waals surface area contributed by atoms with Crippen molar-refractivity contribution in [2.45, 2.75) is 6.17 Å². The average molecular weight is 132 g/mol. The first-order valence-corrected chi connectivity index (χ1v) is 2.65. The molecule has 0 aliphatic carbocycles. The van der Waals surface area contributed by atoms with Gasteiger partial charge in [-0.2, -0.15) is 0 Å². The summed E-state index contributed by atoms with van der Waals surface area (Å²) >= 11 is 0. The molecule has 1 unspecified atom stereocenters. The monoisotopic (exact) mass is 132 g/mol. The predicted molar refractivity (Wildman–Crippen MR) is 34.2 cm³/mol. The number of rotatable bonds is 3. The second kappa shape index (κ2) is 4.25. The number of hydrogen-bond donors (Lipinski definition) is 4. The van der Waals surface area contributed by atoms with Crippen molar-refractivity contribution in [2.75, 3.05) is 13.1 Å². The van der Waals surface area contributed by atoms with E-state index >= 15 is 0 Å². The van der Waals surface area contributed by atoms with Crippen molar-refractivity contribution in [1.29, 1.82) is 0 Å². The van der Waals surface area contributed by atoms with Crippen molar-refractivity contribution >= 4 is 5.91 Å². The van der Waals surface area contributed by atoms with Crippen LogP contribution in [0.25, 0.3) is 0 Å². The van der Waals surface area contributed by atoms with Crippen LogP contribution in [0.15, 0.2) is 0 Å². The van der Waals surface area contributed by atoms with E-state index in [0.717, 1.165) is 0 Å². The number of hydrogen-bond acceptors (Lipinski definition) is 4. The van der Waals surface area contributed by atoms with Crippen LogP contribution in [-0.4, -0.2) is 25.2 Å². The lowest BCUT2D eigenvalue weighted by atomic mass is 10.5. The molecule has 0 rings (SSSR count). The molecular weight excluding hydrogens is 120 g/mol. The number of carbonyl (C=O) groups excluding carboxylic acids is 1. The number of nitrogens with two attached hydrogens (primary N) is 3. The van der Waals surface area contributed by atoms with Crippen LogP contribution in [0.2, 0.25) is 0 Å². The third kappa shape index (κ3) is 3.89. The molecule has 0 aliphatic rings. The van der Waals surface area contributed by atoms with Gasteiger partial charge in [-0.25, -0.2) is 0 Å². The van der Waals surface area contributed by atoms with Gasteiger partial charge in [-0.15, -0.1) is 0 Å². The standard InChI is InChI=1S/C4H12N4O/c5-1-3(7)8-4(9)2-6/h3H,1-2,5-7H2,(H,8,9). The molecule has 9 heavy (non-hydrogen) atoms. The third-order valence-corrected chi connectivity index (χ3v) is 0.786. The highest BCUT2D eigenvalue weighted by Crippen LogP contribution is 1.64. The Kier molecular flexibility index (Phi) is 3.94. The van der Waals surface area contributed by atoms with E-state index in [1.807, 2.05) is 0 Å². The Morgan fingerprint density at radius 3 is 2.44 bits per heavy atom. The fourth-order valence-electron chi connectivity index (χ4n) is 0.325. The number of nitrogens with one attached hydrogen (secondary N) is 1. The lowest BCUT2D eigenvalue weighted by Crippen LogP contribution is -2.48. The Balaban J connectivity index is 3.34. The molecule has 0 aliphatic heterocycles. The molecule has 0 saturated heterocycles. The highest BCUT2D eigenvalue weighted by Gasteiger charge is 2.01. The Hall–Kier alpha value is -0.650. The molecule has 0 aromatic rings. The van der Waals surface area contributed by atoms with Crippen molar-refractivity contribution in [3.63, 3.8) is 0 Å². The summed E-state index contributed by atoms with van der Waals surface area (Å²) in [4.78, 5) is 10.4. The maximum Gasteiger partial charge on any atom is 0.234 e.